The van der Waals surface area contributed by atoms with Gasteiger partial charge in [-0.05, 0) is 24.3 Å². The van der Waals surface area contributed by atoms with Crippen LogP contribution in [-0.2, 0) is 13.1 Å². The summed E-state index contributed by atoms with van der Waals surface area (Å²) in [6.07, 6.45) is 0. The number of halogens is 4. The molecule has 1 heterocycles. The Morgan fingerprint density at radius 3 is 1.50 bits per heavy atom. The Morgan fingerprint density at radius 2 is 1.09 bits per heavy atom. The maximum atomic E-state index is 12.5. The van der Waals surface area contributed by atoms with Crippen molar-refractivity contribution in [3.8, 4) is 11.5 Å². The number of amides is 2. The lowest BCUT2D eigenvalue weighted by atomic mass is 10.2. The van der Waals surface area contributed by atoms with Crippen molar-refractivity contribution in [2.45, 2.75) is 26.3 Å². The van der Waals surface area contributed by atoms with Gasteiger partial charge in [-0.1, -0.05) is 42.5 Å². The molecule has 2 N–H and O–H groups in total. The molecule has 0 aliphatic heterocycles. The van der Waals surface area contributed by atoms with Crippen molar-refractivity contribution in [2.24, 2.45) is 0 Å². The number of alkyl halides is 4. The van der Waals surface area contributed by atoms with Gasteiger partial charge in [0, 0.05) is 24.2 Å². The van der Waals surface area contributed by atoms with Crippen molar-refractivity contribution >= 4 is 11.8 Å². The van der Waals surface area contributed by atoms with Crippen LogP contribution in [0.4, 0.5) is 17.6 Å². The molecule has 3 aromatic rings. The van der Waals surface area contributed by atoms with Crippen LogP contribution in [0.5, 0.6) is 11.5 Å². The Balaban J connectivity index is 1.62. The number of nitrogens with one attached hydrogen (secondary N) is 2. The lowest BCUT2D eigenvalue weighted by molar-refractivity contribution is -0.0511. The van der Waals surface area contributed by atoms with Crippen LogP contribution in [0.1, 0.15) is 32.1 Å². The van der Waals surface area contributed by atoms with E-state index in [2.05, 4.69) is 25.1 Å². The first-order valence-corrected chi connectivity index (χ1v) is 9.92. The number of hydrogen-bond acceptors (Lipinski definition) is 5. The van der Waals surface area contributed by atoms with Gasteiger partial charge in [0.15, 0.2) is 0 Å². The highest BCUT2D eigenvalue weighted by Gasteiger charge is 2.15. The van der Waals surface area contributed by atoms with Crippen LogP contribution in [0.25, 0.3) is 0 Å². The van der Waals surface area contributed by atoms with Crippen molar-refractivity contribution in [3.63, 3.8) is 0 Å². The second-order valence-electron chi connectivity index (χ2n) is 6.75. The van der Waals surface area contributed by atoms with Crippen LogP contribution < -0.4 is 20.1 Å². The fourth-order valence-corrected chi connectivity index (χ4v) is 2.94. The first-order valence-electron chi connectivity index (χ1n) is 9.92. The zero-order valence-corrected chi connectivity index (χ0v) is 17.5. The second-order valence-corrected chi connectivity index (χ2v) is 6.75. The quantitative estimate of drug-likeness (QED) is 0.429. The van der Waals surface area contributed by atoms with E-state index in [1.165, 1.54) is 54.6 Å². The summed E-state index contributed by atoms with van der Waals surface area (Å²) in [5.74, 6) is -1.43. The molecule has 0 fully saturated rings. The van der Waals surface area contributed by atoms with Gasteiger partial charge in [0.25, 0.3) is 11.8 Å². The van der Waals surface area contributed by atoms with Crippen molar-refractivity contribution in [3.05, 3.63) is 89.2 Å². The number of carbonyl (C=O) groups excluding carboxylic acids is 2. The van der Waals surface area contributed by atoms with E-state index in [0.29, 0.717) is 11.1 Å². The summed E-state index contributed by atoms with van der Waals surface area (Å²) < 4.78 is 59.0. The molecule has 0 atom stereocenters. The van der Waals surface area contributed by atoms with E-state index in [-0.39, 0.29) is 36.0 Å². The minimum absolute atomic E-state index is 0.0741. The van der Waals surface area contributed by atoms with Gasteiger partial charge in [0.1, 0.15) is 22.9 Å². The highest BCUT2D eigenvalue weighted by Crippen LogP contribution is 2.21. The molecule has 11 heteroatoms. The number of ether oxygens (including phenoxy) is 2. The minimum Gasteiger partial charge on any atom is -0.434 e. The molecule has 0 unspecified atom stereocenters. The molecule has 0 aliphatic carbocycles. The average Bonchev–Trinajstić information content (AvgIpc) is 2.82. The van der Waals surface area contributed by atoms with E-state index in [9.17, 15) is 27.2 Å². The van der Waals surface area contributed by atoms with Crippen molar-refractivity contribution in [1.82, 2.24) is 15.6 Å². The number of aromatic nitrogens is 1. The Morgan fingerprint density at radius 1 is 0.676 bits per heavy atom. The highest BCUT2D eigenvalue weighted by atomic mass is 19.3. The Kier molecular flexibility index (Phi) is 8.38. The number of pyridine rings is 1. The minimum atomic E-state index is -3.01. The van der Waals surface area contributed by atoms with Crippen molar-refractivity contribution in [2.75, 3.05) is 0 Å². The number of benzene rings is 2. The van der Waals surface area contributed by atoms with E-state index >= 15 is 0 Å². The van der Waals surface area contributed by atoms with Crippen LogP contribution in [0.2, 0.25) is 0 Å². The van der Waals surface area contributed by atoms with Gasteiger partial charge in [-0.15, -0.1) is 0 Å². The molecule has 2 aromatic carbocycles. The van der Waals surface area contributed by atoms with Gasteiger partial charge in [0.2, 0.25) is 0 Å². The smallest absolute Gasteiger partial charge is 0.387 e. The SMILES string of the molecule is O=C(NCc1ccccc1OC(F)F)c1cccc(C(=O)NCc2ccccc2OC(F)F)n1. The summed E-state index contributed by atoms with van der Waals surface area (Å²) in [6.45, 7) is -6.24. The first kappa shape index (κ1) is 24.5. The molecule has 178 valence electrons. The van der Waals surface area contributed by atoms with Gasteiger partial charge < -0.3 is 20.1 Å². The van der Waals surface area contributed by atoms with Crippen LogP contribution in [0, 0.1) is 0 Å². The predicted octanol–water partition coefficient (Wildman–Crippen LogP) is 4.14. The molecular formula is C23H19F4N3O4. The van der Waals surface area contributed by atoms with Crippen molar-refractivity contribution in [1.29, 1.82) is 0 Å². The van der Waals surface area contributed by atoms with Gasteiger partial charge in [-0.2, -0.15) is 17.6 Å². The molecule has 0 saturated carbocycles. The summed E-state index contributed by atoms with van der Waals surface area (Å²) in [7, 11) is 0. The highest BCUT2D eigenvalue weighted by molar-refractivity contribution is 5.96. The fourth-order valence-electron chi connectivity index (χ4n) is 2.94. The Hall–Kier alpha value is -4.15. The maximum absolute atomic E-state index is 12.5. The van der Waals surface area contributed by atoms with Gasteiger partial charge >= 0.3 is 13.2 Å². The molecule has 0 aliphatic rings. The summed E-state index contributed by atoms with van der Waals surface area (Å²) in [4.78, 5) is 29.0. The van der Waals surface area contributed by atoms with Crippen molar-refractivity contribution < 1.29 is 36.6 Å². The largest absolute Gasteiger partial charge is 0.434 e. The van der Waals surface area contributed by atoms with E-state index in [1.54, 1.807) is 12.1 Å². The molecule has 7 nitrogen and oxygen atoms in total. The Bertz CT molecular complexity index is 1060. The molecule has 0 spiro atoms. The van der Waals surface area contributed by atoms with Crippen LogP contribution >= 0.6 is 0 Å². The third-order valence-corrected chi connectivity index (χ3v) is 4.47. The molecular weight excluding hydrogens is 458 g/mol. The van der Waals surface area contributed by atoms with Gasteiger partial charge in [-0.25, -0.2) is 4.98 Å². The molecule has 1 aromatic heterocycles. The summed E-state index contributed by atoms with van der Waals surface area (Å²) in [6, 6.07) is 16.2. The van der Waals surface area contributed by atoms with E-state index in [4.69, 9.17) is 0 Å². The van der Waals surface area contributed by atoms with Crippen LogP contribution in [0.15, 0.2) is 66.7 Å². The van der Waals surface area contributed by atoms with Crippen LogP contribution in [0.3, 0.4) is 0 Å². The third kappa shape index (κ3) is 6.92. The lowest BCUT2D eigenvalue weighted by Gasteiger charge is -2.12. The van der Waals surface area contributed by atoms with Gasteiger partial charge in [-0.3, -0.25) is 9.59 Å². The zero-order chi connectivity index (χ0) is 24.5. The number of para-hydroxylation sites is 2. The monoisotopic (exact) mass is 477 g/mol. The summed E-state index contributed by atoms with van der Waals surface area (Å²) >= 11 is 0. The molecule has 0 radical (unpaired) electrons. The number of hydrogen-bond donors (Lipinski definition) is 2. The molecule has 3 rings (SSSR count). The number of nitrogens with zero attached hydrogens (tertiary/aromatic N) is 1. The number of rotatable bonds is 10. The lowest BCUT2D eigenvalue weighted by Crippen LogP contribution is -2.27. The average molecular weight is 477 g/mol. The molecule has 0 saturated heterocycles. The summed E-state index contributed by atoms with van der Waals surface area (Å²) in [5, 5.41) is 5.07. The fraction of sp³-hybridized carbons (Fsp3) is 0.174. The topological polar surface area (TPSA) is 89.5 Å². The van der Waals surface area contributed by atoms with Crippen LogP contribution in [-0.4, -0.2) is 30.0 Å². The molecule has 2 amide bonds. The standard InChI is InChI=1S/C23H19F4N3O4/c24-22(25)33-18-10-3-1-6-14(18)12-28-20(31)16-8-5-9-17(30-16)21(32)29-13-15-7-2-4-11-19(15)34-23(26)27/h1-11,22-23H,12-13H2,(H,28,31)(H,29,32). The van der Waals surface area contributed by atoms with Gasteiger partial charge in [0.05, 0.1) is 0 Å². The first-order chi connectivity index (χ1) is 16.3. The number of carbonyl (C=O) groups is 2. The third-order valence-electron chi connectivity index (χ3n) is 4.47. The predicted molar refractivity (Wildman–Crippen MR) is 113 cm³/mol. The Labute approximate surface area is 191 Å². The van der Waals surface area contributed by atoms with E-state index in [0.717, 1.165) is 0 Å². The normalized spacial score (nSPS) is 10.8. The van der Waals surface area contributed by atoms with E-state index in [1.807, 2.05) is 0 Å². The second kappa shape index (κ2) is 11.6. The zero-order valence-electron chi connectivity index (χ0n) is 17.5. The molecule has 0 bridgehead atoms. The van der Waals surface area contributed by atoms with E-state index < -0.39 is 25.0 Å². The summed E-state index contributed by atoms with van der Waals surface area (Å²) in [5.41, 5.74) is 0.493. The maximum Gasteiger partial charge on any atom is 0.387 e. The molecule has 34 heavy (non-hydrogen) atoms.